The molecule has 3 heteroatoms. The first kappa shape index (κ1) is 15.3. The molecule has 0 aliphatic heterocycles. The fourth-order valence-corrected chi connectivity index (χ4v) is 2.47. The summed E-state index contributed by atoms with van der Waals surface area (Å²) in [7, 11) is 3.81. The molecule has 3 nitrogen and oxygen atoms in total. The summed E-state index contributed by atoms with van der Waals surface area (Å²) in [6, 6.07) is 16.0. The van der Waals surface area contributed by atoms with Gasteiger partial charge in [-0.25, -0.2) is 0 Å². The van der Waals surface area contributed by atoms with Gasteiger partial charge in [0.15, 0.2) is 5.78 Å². The molecule has 1 N–H and O–H groups in total. The van der Waals surface area contributed by atoms with E-state index in [1.165, 1.54) is 10.5 Å². The minimum Gasteiger partial charge on any atom is -0.496 e. The van der Waals surface area contributed by atoms with Gasteiger partial charge >= 0.3 is 0 Å². The highest BCUT2D eigenvalue weighted by Gasteiger charge is 2.12. The Morgan fingerprint density at radius 3 is 2.43 bits per heavy atom. The Morgan fingerprint density at radius 2 is 1.81 bits per heavy atom. The van der Waals surface area contributed by atoms with Gasteiger partial charge in [0.05, 0.1) is 14.2 Å². The number of ether oxygens (including phenoxy) is 1. The lowest BCUT2D eigenvalue weighted by Crippen LogP contribution is -3.06. The van der Waals surface area contributed by atoms with Gasteiger partial charge in [-0.15, -0.1) is 0 Å². The molecule has 0 aliphatic rings. The van der Waals surface area contributed by atoms with Crippen molar-refractivity contribution in [3.8, 4) is 5.75 Å². The third-order valence-corrected chi connectivity index (χ3v) is 3.53. The van der Waals surface area contributed by atoms with Gasteiger partial charge in [0.25, 0.3) is 0 Å². The van der Waals surface area contributed by atoms with Crippen molar-refractivity contribution >= 4 is 5.78 Å². The molecule has 0 fully saturated rings. The average Bonchev–Trinajstić information content (AvgIpc) is 2.48. The van der Waals surface area contributed by atoms with Crippen LogP contribution < -0.4 is 9.64 Å². The van der Waals surface area contributed by atoms with Crippen LogP contribution in [0.4, 0.5) is 0 Å². The van der Waals surface area contributed by atoms with Crippen LogP contribution in [0.2, 0.25) is 0 Å². The maximum atomic E-state index is 11.5. The van der Waals surface area contributed by atoms with Gasteiger partial charge in [0, 0.05) is 16.7 Å². The van der Waals surface area contributed by atoms with E-state index >= 15 is 0 Å². The molecule has 2 aromatic carbocycles. The van der Waals surface area contributed by atoms with E-state index in [0.717, 1.165) is 30.0 Å². The molecule has 0 bridgehead atoms. The number of rotatable bonds is 6. The molecule has 0 aromatic heterocycles. The molecule has 0 heterocycles. The molecule has 0 radical (unpaired) electrons. The zero-order valence-corrected chi connectivity index (χ0v) is 12.8. The summed E-state index contributed by atoms with van der Waals surface area (Å²) in [6.45, 7) is 3.35. The number of methoxy groups -OCH3 is 1. The molecule has 2 aromatic rings. The summed E-state index contributed by atoms with van der Waals surface area (Å²) in [5, 5.41) is 0. The molecule has 1 atom stereocenters. The molecular weight excluding hydrogens is 262 g/mol. The van der Waals surface area contributed by atoms with E-state index in [-0.39, 0.29) is 5.78 Å². The van der Waals surface area contributed by atoms with Crippen LogP contribution in [0.3, 0.4) is 0 Å². The first-order valence-electron chi connectivity index (χ1n) is 7.13. The van der Waals surface area contributed by atoms with E-state index in [0.29, 0.717) is 0 Å². The van der Waals surface area contributed by atoms with Crippen LogP contribution >= 0.6 is 0 Å². The SMILES string of the molecule is COc1ccc(C(C)=O)cc1C[NH+](C)Cc1ccccc1. The highest BCUT2D eigenvalue weighted by atomic mass is 16.5. The first-order chi connectivity index (χ1) is 10.1. The summed E-state index contributed by atoms with van der Waals surface area (Å²) < 4.78 is 5.41. The van der Waals surface area contributed by atoms with Crippen LogP contribution in [0.15, 0.2) is 48.5 Å². The summed E-state index contributed by atoms with van der Waals surface area (Å²) in [5.41, 5.74) is 3.11. The fourth-order valence-electron chi connectivity index (χ4n) is 2.47. The van der Waals surface area contributed by atoms with Crippen molar-refractivity contribution in [2.24, 2.45) is 0 Å². The van der Waals surface area contributed by atoms with E-state index in [1.54, 1.807) is 14.0 Å². The number of hydrogen-bond acceptors (Lipinski definition) is 2. The molecule has 2 rings (SSSR count). The number of hydrogen-bond donors (Lipinski definition) is 1. The topological polar surface area (TPSA) is 30.7 Å². The van der Waals surface area contributed by atoms with Crippen molar-refractivity contribution < 1.29 is 14.4 Å². The maximum absolute atomic E-state index is 11.5. The second-order valence-electron chi connectivity index (χ2n) is 5.38. The van der Waals surface area contributed by atoms with E-state index in [9.17, 15) is 4.79 Å². The lowest BCUT2D eigenvalue weighted by Gasteiger charge is -2.16. The lowest BCUT2D eigenvalue weighted by molar-refractivity contribution is -0.907. The molecule has 0 amide bonds. The molecule has 21 heavy (non-hydrogen) atoms. The summed E-state index contributed by atoms with van der Waals surface area (Å²) in [5.74, 6) is 0.923. The minimum atomic E-state index is 0.0830. The van der Waals surface area contributed by atoms with Gasteiger partial charge in [-0.2, -0.15) is 0 Å². The normalized spacial score (nSPS) is 12.0. The smallest absolute Gasteiger partial charge is 0.159 e. The molecule has 0 spiro atoms. The van der Waals surface area contributed by atoms with Crippen LogP contribution in [0.5, 0.6) is 5.75 Å². The molecule has 1 unspecified atom stereocenters. The molecule has 0 aliphatic carbocycles. The predicted octanol–water partition coefficient (Wildman–Crippen LogP) is 2.11. The summed E-state index contributed by atoms with van der Waals surface area (Å²) in [4.78, 5) is 12.9. The van der Waals surface area contributed by atoms with Gasteiger partial charge in [-0.1, -0.05) is 30.3 Å². The third-order valence-electron chi connectivity index (χ3n) is 3.53. The Bertz CT molecular complexity index is 608. The van der Waals surface area contributed by atoms with E-state index < -0.39 is 0 Å². The Labute approximate surface area is 126 Å². The average molecular weight is 284 g/mol. The fraction of sp³-hybridized carbons (Fsp3) is 0.278. The minimum absolute atomic E-state index is 0.0830. The van der Waals surface area contributed by atoms with Crippen molar-refractivity contribution in [3.05, 3.63) is 65.2 Å². The second kappa shape index (κ2) is 7.04. The van der Waals surface area contributed by atoms with Crippen molar-refractivity contribution in [3.63, 3.8) is 0 Å². The summed E-state index contributed by atoms with van der Waals surface area (Å²) >= 11 is 0. The lowest BCUT2D eigenvalue weighted by atomic mass is 10.1. The predicted molar refractivity (Wildman–Crippen MR) is 83.7 cm³/mol. The van der Waals surface area contributed by atoms with Crippen LogP contribution in [-0.2, 0) is 13.1 Å². The van der Waals surface area contributed by atoms with Gasteiger partial charge in [-0.05, 0) is 25.1 Å². The van der Waals surface area contributed by atoms with Crippen LogP contribution in [0.25, 0.3) is 0 Å². The number of carbonyl (C=O) groups excluding carboxylic acids is 1. The number of carbonyl (C=O) groups is 1. The number of benzene rings is 2. The quantitative estimate of drug-likeness (QED) is 0.824. The number of ketones is 1. The van der Waals surface area contributed by atoms with Crippen LogP contribution in [-0.4, -0.2) is 19.9 Å². The highest BCUT2D eigenvalue weighted by Crippen LogP contribution is 2.19. The Morgan fingerprint density at radius 1 is 1.10 bits per heavy atom. The highest BCUT2D eigenvalue weighted by molar-refractivity contribution is 5.94. The van der Waals surface area contributed by atoms with E-state index in [4.69, 9.17) is 4.74 Å². The van der Waals surface area contributed by atoms with Crippen LogP contribution in [0, 0.1) is 0 Å². The monoisotopic (exact) mass is 284 g/mol. The van der Waals surface area contributed by atoms with Crippen molar-refractivity contribution in [1.82, 2.24) is 0 Å². The van der Waals surface area contributed by atoms with Crippen LogP contribution in [0.1, 0.15) is 28.4 Å². The molecule has 0 saturated carbocycles. The summed E-state index contributed by atoms with van der Waals surface area (Å²) in [6.07, 6.45) is 0. The third kappa shape index (κ3) is 4.17. The van der Waals surface area contributed by atoms with Gasteiger partial charge in [-0.3, -0.25) is 4.79 Å². The molecule has 110 valence electrons. The zero-order chi connectivity index (χ0) is 15.2. The van der Waals surface area contributed by atoms with E-state index in [1.807, 2.05) is 24.3 Å². The number of Topliss-reactive ketones (excluding diaryl/α,β-unsaturated/α-hetero) is 1. The standard InChI is InChI=1S/C18H21NO2/c1-14(20)16-9-10-18(21-3)17(11-16)13-19(2)12-15-7-5-4-6-8-15/h4-11H,12-13H2,1-3H3/p+1. The Balaban J connectivity index is 2.13. The van der Waals surface area contributed by atoms with Gasteiger partial charge in [0.2, 0.25) is 0 Å². The van der Waals surface area contributed by atoms with Crippen molar-refractivity contribution in [1.29, 1.82) is 0 Å². The van der Waals surface area contributed by atoms with Crippen molar-refractivity contribution in [2.45, 2.75) is 20.0 Å². The second-order valence-corrected chi connectivity index (χ2v) is 5.38. The molecule has 0 saturated heterocycles. The van der Waals surface area contributed by atoms with E-state index in [2.05, 4.69) is 31.3 Å². The molecular formula is C18H22NO2+. The number of quaternary nitrogens is 1. The first-order valence-corrected chi connectivity index (χ1v) is 7.13. The number of nitrogens with one attached hydrogen (secondary N) is 1. The largest absolute Gasteiger partial charge is 0.496 e. The Kier molecular flexibility index (Phi) is 5.12. The maximum Gasteiger partial charge on any atom is 0.159 e. The Hall–Kier alpha value is -2.13. The van der Waals surface area contributed by atoms with Crippen molar-refractivity contribution in [2.75, 3.05) is 14.2 Å². The zero-order valence-electron chi connectivity index (χ0n) is 12.8. The van der Waals surface area contributed by atoms with Gasteiger partial charge in [0.1, 0.15) is 18.8 Å². The van der Waals surface area contributed by atoms with Gasteiger partial charge < -0.3 is 9.64 Å².